The molecule has 0 nitrogen and oxygen atoms in total. The molecule has 1 saturated carbocycles. The minimum absolute atomic E-state index is 0.285. The lowest BCUT2D eigenvalue weighted by atomic mass is 9.70. The maximum atomic E-state index is 11.9. The van der Waals surface area contributed by atoms with Crippen LogP contribution in [0, 0.1) is 17.8 Å². The van der Waals surface area contributed by atoms with E-state index in [2.05, 4.69) is 13.8 Å². The van der Waals surface area contributed by atoms with Gasteiger partial charge in [-0.15, -0.1) is 0 Å². The molecule has 10 heavy (non-hydrogen) atoms. The molecular formula is C8H14F2. The Morgan fingerprint density at radius 3 is 1.90 bits per heavy atom. The Balaban J connectivity index is 2.18. The van der Waals surface area contributed by atoms with Crippen LogP contribution in [-0.4, -0.2) is 6.43 Å². The van der Waals surface area contributed by atoms with E-state index in [9.17, 15) is 8.78 Å². The van der Waals surface area contributed by atoms with Crippen molar-refractivity contribution in [3.63, 3.8) is 0 Å². The van der Waals surface area contributed by atoms with Gasteiger partial charge in [0, 0.05) is 5.92 Å². The van der Waals surface area contributed by atoms with Gasteiger partial charge in [-0.3, -0.25) is 0 Å². The molecule has 0 aromatic rings. The average Bonchev–Trinajstić information content (AvgIpc) is 1.56. The summed E-state index contributed by atoms with van der Waals surface area (Å²) < 4.78 is 23.8. The second-order valence-corrected chi connectivity index (χ2v) is 3.57. The molecule has 0 aliphatic heterocycles. The predicted octanol–water partition coefficient (Wildman–Crippen LogP) is 2.93. The molecule has 1 aliphatic rings. The van der Waals surface area contributed by atoms with Crippen LogP contribution in [0.25, 0.3) is 0 Å². The Bertz CT molecular complexity index is 91.8. The molecule has 2 heteroatoms. The molecule has 0 saturated heterocycles. The van der Waals surface area contributed by atoms with Crippen molar-refractivity contribution in [2.24, 2.45) is 17.8 Å². The van der Waals surface area contributed by atoms with Crippen LogP contribution in [0.15, 0.2) is 0 Å². The Labute approximate surface area is 60.6 Å². The molecule has 0 atom stereocenters. The average molecular weight is 148 g/mol. The summed E-state index contributed by atoms with van der Waals surface area (Å²) in [5.74, 6) is 0.876. The van der Waals surface area contributed by atoms with E-state index in [0.29, 0.717) is 11.8 Å². The molecule has 0 unspecified atom stereocenters. The summed E-state index contributed by atoms with van der Waals surface area (Å²) in [7, 11) is 0. The summed E-state index contributed by atoms with van der Waals surface area (Å²) in [5, 5.41) is 0. The third-order valence-electron chi connectivity index (χ3n) is 2.51. The number of hydrogen-bond acceptors (Lipinski definition) is 0. The molecule has 60 valence electrons. The first kappa shape index (κ1) is 7.96. The molecule has 0 spiro atoms. The van der Waals surface area contributed by atoms with Gasteiger partial charge in [-0.25, -0.2) is 8.78 Å². The zero-order valence-electron chi connectivity index (χ0n) is 6.48. The van der Waals surface area contributed by atoms with Crippen molar-refractivity contribution in [2.45, 2.75) is 33.1 Å². The van der Waals surface area contributed by atoms with E-state index >= 15 is 0 Å². The zero-order valence-corrected chi connectivity index (χ0v) is 6.48. The topological polar surface area (TPSA) is 0 Å². The van der Waals surface area contributed by atoms with Crippen LogP contribution in [0.2, 0.25) is 0 Å². The standard InChI is InChI=1S/C8H14F2/c1-5(2)6-3-7(4-6)8(9)10/h5-8H,3-4H2,1-2H3. The molecular weight excluding hydrogens is 134 g/mol. The zero-order chi connectivity index (χ0) is 7.72. The lowest BCUT2D eigenvalue weighted by molar-refractivity contribution is -0.0108. The van der Waals surface area contributed by atoms with Crippen molar-refractivity contribution in [3.8, 4) is 0 Å². The van der Waals surface area contributed by atoms with Crippen molar-refractivity contribution in [1.82, 2.24) is 0 Å². The van der Waals surface area contributed by atoms with E-state index in [1.165, 1.54) is 0 Å². The third kappa shape index (κ3) is 1.47. The van der Waals surface area contributed by atoms with Gasteiger partial charge in [0.25, 0.3) is 0 Å². The van der Waals surface area contributed by atoms with Crippen molar-refractivity contribution in [3.05, 3.63) is 0 Å². The maximum Gasteiger partial charge on any atom is 0.241 e. The Kier molecular flexibility index (Phi) is 2.27. The van der Waals surface area contributed by atoms with Gasteiger partial charge >= 0.3 is 0 Å². The second-order valence-electron chi connectivity index (χ2n) is 3.57. The quantitative estimate of drug-likeness (QED) is 0.564. The van der Waals surface area contributed by atoms with Crippen LogP contribution in [0.5, 0.6) is 0 Å². The lowest BCUT2D eigenvalue weighted by Crippen LogP contribution is -2.32. The third-order valence-corrected chi connectivity index (χ3v) is 2.51. The van der Waals surface area contributed by atoms with Gasteiger partial charge in [-0.2, -0.15) is 0 Å². The van der Waals surface area contributed by atoms with Crippen LogP contribution in [-0.2, 0) is 0 Å². The monoisotopic (exact) mass is 148 g/mol. The fourth-order valence-electron chi connectivity index (χ4n) is 1.46. The molecule has 1 aliphatic carbocycles. The minimum atomic E-state index is -2.07. The van der Waals surface area contributed by atoms with Crippen LogP contribution < -0.4 is 0 Å². The first-order valence-corrected chi connectivity index (χ1v) is 3.89. The molecule has 0 bridgehead atoms. The summed E-state index contributed by atoms with van der Waals surface area (Å²) in [5.41, 5.74) is 0. The molecule has 0 radical (unpaired) electrons. The highest BCUT2D eigenvalue weighted by Crippen LogP contribution is 2.41. The highest BCUT2D eigenvalue weighted by atomic mass is 19.3. The molecule has 0 heterocycles. The summed E-state index contributed by atoms with van der Waals surface area (Å²) in [6, 6.07) is 0. The maximum absolute atomic E-state index is 11.9. The van der Waals surface area contributed by atoms with Gasteiger partial charge < -0.3 is 0 Å². The van der Waals surface area contributed by atoms with Crippen LogP contribution >= 0.6 is 0 Å². The fraction of sp³-hybridized carbons (Fsp3) is 1.00. The van der Waals surface area contributed by atoms with E-state index in [1.807, 2.05) is 0 Å². The first-order chi connectivity index (χ1) is 4.61. The lowest BCUT2D eigenvalue weighted by Gasteiger charge is -2.37. The largest absolute Gasteiger partial charge is 0.241 e. The van der Waals surface area contributed by atoms with Crippen molar-refractivity contribution < 1.29 is 8.78 Å². The van der Waals surface area contributed by atoms with Gasteiger partial charge in [-0.1, -0.05) is 13.8 Å². The Morgan fingerprint density at radius 2 is 1.60 bits per heavy atom. The second kappa shape index (κ2) is 2.85. The fourth-order valence-corrected chi connectivity index (χ4v) is 1.46. The summed E-state index contributed by atoms with van der Waals surface area (Å²) in [6.07, 6.45) is -0.583. The van der Waals surface area contributed by atoms with E-state index in [1.54, 1.807) is 0 Å². The van der Waals surface area contributed by atoms with Crippen LogP contribution in [0.1, 0.15) is 26.7 Å². The SMILES string of the molecule is CC(C)C1CC(C(F)F)C1. The number of rotatable bonds is 2. The molecule has 0 amide bonds. The van der Waals surface area contributed by atoms with Gasteiger partial charge in [0.2, 0.25) is 6.43 Å². The highest BCUT2D eigenvalue weighted by Gasteiger charge is 2.36. The van der Waals surface area contributed by atoms with Gasteiger partial charge in [0.15, 0.2) is 0 Å². The Morgan fingerprint density at radius 1 is 1.10 bits per heavy atom. The molecule has 0 aromatic carbocycles. The number of hydrogen-bond donors (Lipinski definition) is 0. The summed E-state index contributed by atoms with van der Waals surface area (Å²) in [4.78, 5) is 0. The van der Waals surface area contributed by atoms with E-state index in [0.717, 1.165) is 12.8 Å². The van der Waals surface area contributed by atoms with Crippen molar-refractivity contribution in [2.75, 3.05) is 0 Å². The Hall–Kier alpha value is -0.140. The van der Waals surface area contributed by atoms with Gasteiger partial charge in [-0.05, 0) is 24.7 Å². The molecule has 0 N–H and O–H groups in total. The number of alkyl halides is 2. The van der Waals surface area contributed by atoms with E-state index in [4.69, 9.17) is 0 Å². The summed E-state index contributed by atoms with van der Waals surface area (Å²) >= 11 is 0. The van der Waals surface area contributed by atoms with Gasteiger partial charge in [0.05, 0.1) is 0 Å². The predicted molar refractivity (Wildman–Crippen MR) is 37.1 cm³/mol. The molecule has 0 aromatic heterocycles. The normalized spacial score (nSPS) is 33.0. The highest BCUT2D eigenvalue weighted by molar-refractivity contribution is 4.82. The minimum Gasteiger partial charge on any atom is -0.210 e. The van der Waals surface area contributed by atoms with Gasteiger partial charge in [0.1, 0.15) is 0 Å². The van der Waals surface area contributed by atoms with Crippen molar-refractivity contribution >= 4 is 0 Å². The van der Waals surface area contributed by atoms with E-state index in [-0.39, 0.29) is 5.92 Å². The first-order valence-electron chi connectivity index (χ1n) is 3.89. The smallest absolute Gasteiger partial charge is 0.210 e. The summed E-state index contributed by atoms with van der Waals surface area (Å²) in [6.45, 7) is 4.21. The van der Waals surface area contributed by atoms with Crippen LogP contribution in [0.3, 0.4) is 0 Å². The van der Waals surface area contributed by atoms with Crippen molar-refractivity contribution in [1.29, 1.82) is 0 Å². The number of halogens is 2. The molecule has 1 fully saturated rings. The molecule has 1 rings (SSSR count). The van der Waals surface area contributed by atoms with Crippen LogP contribution in [0.4, 0.5) is 8.78 Å². The van der Waals surface area contributed by atoms with E-state index < -0.39 is 6.43 Å².